The highest BCUT2D eigenvalue weighted by Gasteiger charge is 2.45. The van der Waals surface area contributed by atoms with E-state index in [0.29, 0.717) is 15.9 Å². The van der Waals surface area contributed by atoms with E-state index in [0.717, 1.165) is 4.47 Å². The highest BCUT2D eigenvalue weighted by atomic mass is 79.9. The van der Waals surface area contributed by atoms with Crippen LogP contribution >= 0.6 is 27.5 Å². The maximum Gasteiger partial charge on any atom is 0.195 e. The summed E-state index contributed by atoms with van der Waals surface area (Å²) in [6.07, 6.45) is -6.60. The monoisotopic (exact) mass is 407 g/mol. The molecule has 0 spiro atoms. The number of rotatable bonds is 3. The van der Waals surface area contributed by atoms with Crippen molar-refractivity contribution in [3.8, 4) is 5.88 Å². The molecule has 7 nitrogen and oxygen atoms in total. The molecular formula is C14H15BrClNO6. The van der Waals surface area contributed by atoms with Crippen molar-refractivity contribution in [2.75, 3.05) is 6.61 Å². The molecule has 1 aliphatic rings. The summed E-state index contributed by atoms with van der Waals surface area (Å²) < 4.78 is 11.3. The van der Waals surface area contributed by atoms with E-state index in [1.807, 2.05) is 0 Å². The maximum atomic E-state index is 10.1. The van der Waals surface area contributed by atoms with Gasteiger partial charge >= 0.3 is 0 Å². The van der Waals surface area contributed by atoms with Gasteiger partial charge in [0, 0.05) is 21.4 Å². The van der Waals surface area contributed by atoms with Gasteiger partial charge in [-0.15, -0.1) is 0 Å². The number of aliphatic hydroxyl groups excluding tert-OH is 4. The highest BCUT2D eigenvalue weighted by molar-refractivity contribution is 9.10. The van der Waals surface area contributed by atoms with Crippen LogP contribution in [0.1, 0.15) is 0 Å². The van der Waals surface area contributed by atoms with Gasteiger partial charge in [-0.1, -0.05) is 11.6 Å². The molecule has 9 heteroatoms. The third kappa shape index (κ3) is 3.08. The number of hydrogen-bond acceptors (Lipinski definition) is 6. The molecule has 1 aliphatic heterocycles. The van der Waals surface area contributed by atoms with Crippen LogP contribution in [0.2, 0.25) is 5.02 Å². The Morgan fingerprint density at radius 2 is 2.00 bits per heavy atom. The molecule has 5 N–H and O–H groups in total. The van der Waals surface area contributed by atoms with Gasteiger partial charge in [0.25, 0.3) is 0 Å². The molecule has 0 radical (unpaired) electrons. The Labute approximate surface area is 144 Å². The number of hydrogen-bond donors (Lipinski definition) is 5. The predicted molar refractivity (Wildman–Crippen MR) is 85.4 cm³/mol. The summed E-state index contributed by atoms with van der Waals surface area (Å²) in [7, 11) is 0. The van der Waals surface area contributed by atoms with Gasteiger partial charge in [0.05, 0.1) is 11.6 Å². The molecule has 2 aromatic rings. The molecule has 0 bridgehead atoms. The maximum absolute atomic E-state index is 10.1. The molecule has 2 heterocycles. The molecule has 0 unspecified atom stereocenters. The van der Waals surface area contributed by atoms with Crippen molar-refractivity contribution in [2.24, 2.45) is 0 Å². The quantitative estimate of drug-likeness (QED) is 0.512. The first-order chi connectivity index (χ1) is 10.9. The minimum Gasteiger partial charge on any atom is -0.467 e. The van der Waals surface area contributed by atoms with E-state index < -0.39 is 37.3 Å². The van der Waals surface area contributed by atoms with Crippen LogP contribution in [-0.4, -0.2) is 62.7 Å². The van der Waals surface area contributed by atoms with Gasteiger partial charge in [-0.05, 0) is 28.1 Å². The minimum atomic E-state index is -1.50. The summed E-state index contributed by atoms with van der Waals surface area (Å²) >= 11 is 9.51. The molecule has 5 atom stereocenters. The van der Waals surface area contributed by atoms with Crippen LogP contribution in [0.5, 0.6) is 5.88 Å². The molecule has 1 aromatic heterocycles. The lowest BCUT2D eigenvalue weighted by atomic mass is 9.99. The average molecular weight is 409 g/mol. The molecule has 23 heavy (non-hydrogen) atoms. The highest BCUT2D eigenvalue weighted by Crippen LogP contribution is 2.34. The van der Waals surface area contributed by atoms with E-state index in [-0.39, 0.29) is 5.88 Å². The second kappa shape index (κ2) is 6.56. The molecule has 126 valence electrons. The Morgan fingerprint density at radius 1 is 1.26 bits per heavy atom. The minimum absolute atomic E-state index is 0.251. The van der Waals surface area contributed by atoms with E-state index in [4.69, 9.17) is 26.2 Å². The zero-order valence-electron chi connectivity index (χ0n) is 11.7. The second-order valence-corrected chi connectivity index (χ2v) is 6.50. The summed E-state index contributed by atoms with van der Waals surface area (Å²) in [6, 6.07) is 5.18. The fraction of sp³-hybridized carbons (Fsp3) is 0.429. The lowest BCUT2D eigenvalue weighted by Gasteiger charge is -2.39. The fourth-order valence-electron chi connectivity index (χ4n) is 2.53. The van der Waals surface area contributed by atoms with Crippen molar-refractivity contribution in [3.05, 3.63) is 27.7 Å². The second-order valence-electron chi connectivity index (χ2n) is 5.27. The number of nitrogens with one attached hydrogen (secondary N) is 1. The van der Waals surface area contributed by atoms with Crippen LogP contribution in [0.15, 0.2) is 22.7 Å². The van der Waals surface area contributed by atoms with Gasteiger partial charge in [-0.2, -0.15) is 0 Å². The topological polar surface area (TPSA) is 115 Å². The largest absolute Gasteiger partial charge is 0.467 e. The molecule has 3 rings (SSSR count). The summed E-state index contributed by atoms with van der Waals surface area (Å²) in [6.45, 7) is -0.530. The zero-order valence-corrected chi connectivity index (χ0v) is 14.0. The van der Waals surface area contributed by atoms with Gasteiger partial charge in [0.1, 0.15) is 18.3 Å². The van der Waals surface area contributed by atoms with E-state index in [1.54, 1.807) is 18.2 Å². The smallest absolute Gasteiger partial charge is 0.195 e. The molecule has 1 saturated heterocycles. The van der Waals surface area contributed by atoms with Crippen LogP contribution in [0.3, 0.4) is 0 Å². The summed E-state index contributed by atoms with van der Waals surface area (Å²) in [4.78, 5) is 2.96. The number of fused-ring (bicyclic) bond motifs is 1. The Morgan fingerprint density at radius 3 is 2.70 bits per heavy atom. The molecule has 1 aromatic carbocycles. The number of benzene rings is 1. The first-order valence-electron chi connectivity index (χ1n) is 6.86. The van der Waals surface area contributed by atoms with E-state index in [9.17, 15) is 15.3 Å². The van der Waals surface area contributed by atoms with Crippen molar-refractivity contribution in [1.82, 2.24) is 4.98 Å². The Hall–Kier alpha value is -0.870. The third-order valence-electron chi connectivity index (χ3n) is 3.77. The van der Waals surface area contributed by atoms with Gasteiger partial charge in [0.2, 0.25) is 0 Å². The van der Waals surface area contributed by atoms with Crippen LogP contribution in [0.25, 0.3) is 10.9 Å². The van der Waals surface area contributed by atoms with Crippen LogP contribution in [0.4, 0.5) is 0 Å². The van der Waals surface area contributed by atoms with Gasteiger partial charge in [0.15, 0.2) is 18.3 Å². The normalized spacial score (nSPS) is 31.5. The van der Waals surface area contributed by atoms with E-state index in [2.05, 4.69) is 20.9 Å². The van der Waals surface area contributed by atoms with Gasteiger partial charge in [-0.25, -0.2) is 0 Å². The molecular weight excluding hydrogens is 394 g/mol. The predicted octanol–water partition coefficient (Wildman–Crippen LogP) is 0.762. The average Bonchev–Trinajstić information content (AvgIpc) is 2.94. The van der Waals surface area contributed by atoms with E-state index >= 15 is 0 Å². The Kier molecular flexibility index (Phi) is 4.84. The van der Waals surface area contributed by atoms with Crippen molar-refractivity contribution in [2.45, 2.75) is 30.7 Å². The first-order valence-corrected chi connectivity index (χ1v) is 8.03. The van der Waals surface area contributed by atoms with Crippen LogP contribution in [-0.2, 0) is 4.74 Å². The lowest BCUT2D eigenvalue weighted by molar-refractivity contribution is -0.280. The van der Waals surface area contributed by atoms with Crippen molar-refractivity contribution in [1.29, 1.82) is 0 Å². The number of aromatic nitrogens is 1. The number of H-pyrrole nitrogens is 1. The SMILES string of the molecule is OC[C@H]1O[C@@H](O)[C@H](Oc2cc3c(Cl)c(Br)ccc3[nH]2)[C@@H](O)[C@H]1O. The number of ether oxygens (including phenoxy) is 2. The zero-order chi connectivity index (χ0) is 16.7. The third-order valence-corrected chi connectivity index (χ3v) is 5.07. The summed E-state index contributed by atoms with van der Waals surface area (Å²) in [5, 5.41) is 40.1. The fourth-order valence-corrected chi connectivity index (χ4v) is 3.09. The van der Waals surface area contributed by atoms with Gasteiger partial charge in [-0.3, -0.25) is 0 Å². The van der Waals surface area contributed by atoms with Crippen LogP contribution < -0.4 is 4.74 Å². The summed E-state index contributed by atoms with van der Waals surface area (Å²) in [5.41, 5.74) is 0.711. The lowest BCUT2D eigenvalue weighted by Crippen LogP contribution is -2.60. The molecule has 1 fully saturated rings. The van der Waals surface area contributed by atoms with E-state index in [1.165, 1.54) is 0 Å². The standard InChI is InChI=1S/C14H15BrClNO6/c15-6-1-2-7-5(10(6)16)3-9(17-7)23-13-12(20)11(19)8(4-18)22-14(13)21/h1-3,8,11-14,17-21H,4H2/t8-,11+,12+,13-,14-/m1/s1. The Balaban J connectivity index is 1.85. The summed E-state index contributed by atoms with van der Waals surface area (Å²) in [5.74, 6) is 0.251. The first kappa shape index (κ1) is 17.0. The number of halogens is 2. The Bertz CT molecular complexity index is 710. The number of aliphatic hydroxyl groups is 4. The van der Waals surface area contributed by atoms with Crippen molar-refractivity contribution >= 4 is 38.4 Å². The van der Waals surface area contributed by atoms with Crippen molar-refractivity contribution < 1.29 is 29.9 Å². The van der Waals surface area contributed by atoms with Gasteiger partial charge < -0.3 is 34.9 Å². The molecule has 0 amide bonds. The number of aromatic amines is 1. The molecule has 0 aliphatic carbocycles. The van der Waals surface area contributed by atoms with Crippen molar-refractivity contribution in [3.63, 3.8) is 0 Å². The van der Waals surface area contributed by atoms with Crippen LogP contribution in [0, 0.1) is 0 Å². The molecule has 0 saturated carbocycles.